The van der Waals surface area contributed by atoms with E-state index in [1.165, 1.54) is 4.88 Å². The highest BCUT2D eigenvalue weighted by Crippen LogP contribution is 2.21. The summed E-state index contributed by atoms with van der Waals surface area (Å²) in [7, 11) is 0. The summed E-state index contributed by atoms with van der Waals surface area (Å²) in [6.07, 6.45) is 3.53. The molecule has 1 atom stereocenters. The fourth-order valence-corrected chi connectivity index (χ4v) is 2.88. The monoisotopic (exact) mass is 292 g/mol. The molecular formula is C11H17ClN2OS2. The van der Waals surface area contributed by atoms with Crippen molar-refractivity contribution in [2.24, 2.45) is 5.73 Å². The maximum Gasteiger partial charge on any atom is 0.236 e. The van der Waals surface area contributed by atoms with Crippen LogP contribution in [0.1, 0.15) is 11.3 Å². The summed E-state index contributed by atoms with van der Waals surface area (Å²) in [6.45, 7) is 0.614. The molecule has 1 heterocycles. The number of rotatable bonds is 7. The van der Waals surface area contributed by atoms with Gasteiger partial charge in [0.15, 0.2) is 0 Å². The highest BCUT2D eigenvalue weighted by molar-refractivity contribution is 7.98. The van der Waals surface area contributed by atoms with Gasteiger partial charge < -0.3 is 11.1 Å². The Labute approximate surface area is 115 Å². The fraction of sp³-hybridized carbons (Fsp3) is 0.545. The molecule has 0 saturated carbocycles. The van der Waals surface area contributed by atoms with Crippen LogP contribution in [0.4, 0.5) is 0 Å². The van der Waals surface area contributed by atoms with E-state index in [4.69, 9.17) is 17.3 Å². The number of thiophene rings is 1. The highest BCUT2D eigenvalue weighted by atomic mass is 35.5. The van der Waals surface area contributed by atoms with Gasteiger partial charge in [0.2, 0.25) is 5.91 Å². The summed E-state index contributed by atoms with van der Waals surface area (Å²) in [5.74, 6) is 0.844. The number of carbonyl (C=O) groups is 1. The van der Waals surface area contributed by atoms with Crippen LogP contribution < -0.4 is 11.1 Å². The number of thioether (sulfide) groups is 1. The molecule has 0 aliphatic carbocycles. The van der Waals surface area contributed by atoms with E-state index in [2.05, 4.69) is 5.32 Å². The van der Waals surface area contributed by atoms with Crippen molar-refractivity contribution in [3.05, 3.63) is 21.3 Å². The molecule has 0 aromatic carbocycles. The molecule has 0 spiro atoms. The molecule has 0 bridgehead atoms. The minimum atomic E-state index is -0.394. The van der Waals surface area contributed by atoms with Crippen molar-refractivity contribution < 1.29 is 4.79 Å². The number of nitrogens with one attached hydrogen (secondary N) is 1. The van der Waals surface area contributed by atoms with Gasteiger partial charge in [-0.25, -0.2) is 0 Å². The molecule has 0 aliphatic heterocycles. The van der Waals surface area contributed by atoms with Gasteiger partial charge >= 0.3 is 0 Å². The predicted octanol–water partition coefficient (Wildman–Crippen LogP) is 2.14. The molecule has 1 aromatic rings. The van der Waals surface area contributed by atoms with Crippen LogP contribution in [0, 0.1) is 0 Å². The second-order valence-electron chi connectivity index (χ2n) is 3.63. The maximum atomic E-state index is 11.6. The number of hydrogen-bond donors (Lipinski definition) is 2. The molecule has 1 rings (SSSR count). The van der Waals surface area contributed by atoms with E-state index in [0.717, 1.165) is 22.9 Å². The van der Waals surface area contributed by atoms with Crippen LogP contribution in [0.15, 0.2) is 12.1 Å². The van der Waals surface area contributed by atoms with E-state index < -0.39 is 6.04 Å². The molecule has 1 aromatic heterocycles. The molecule has 0 aliphatic rings. The Kier molecular flexibility index (Phi) is 6.96. The van der Waals surface area contributed by atoms with E-state index in [1.54, 1.807) is 23.1 Å². The molecule has 0 unspecified atom stereocenters. The summed E-state index contributed by atoms with van der Waals surface area (Å²) >= 11 is 9.06. The Morgan fingerprint density at radius 2 is 2.41 bits per heavy atom. The zero-order valence-corrected chi connectivity index (χ0v) is 12.1. The average Bonchev–Trinajstić information content (AvgIpc) is 2.71. The van der Waals surface area contributed by atoms with Crippen LogP contribution in [0.25, 0.3) is 0 Å². The Balaban J connectivity index is 2.19. The summed E-state index contributed by atoms with van der Waals surface area (Å²) in [4.78, 5) is 12.8. The zero-order chi connectivity index (χ0) is 12.7. The van der Waals surface area contributed by atoms with Crippen LogP contribution >= 0.6 is 34.7 Å². The molecule has 6 heteroatoms. The zero-order valence-electron chi connectivity index (χ0n) is 9.74. The van der Waals surface area contributed by atoms with Crippen molar-refractivity contribution in [3.63, 3.8) is 0 Å². The number of nitrogens with two attached hydrogens (primary N) is 1. The second kappa shape index (κ2) is 7.97. The molecule has 17 heavy (non-hydrogen) atoms. The van der Waals surface area contributed by atoms with Gasteiger partial charge in [0.05, 0.1) is 10.4 Å². The summed E-state index contributed by atoms with van der Waals surface area (Å²) < 4.78 is 0.781. The molecule has 3 nitrogen and oxygen atoms in total. The predicted molar refractivity (Wildman–Crippen MR) is 77.0 cm³/mol. The smallest absolute Gasteiger partial charge is 0.236 e. The maximum absolute atomic E-state index is 11.6. The van der Waals surface area contributed by atoms with Gasteiger partial charge in [-0.3, -0.25) is 4.79 Å². The Morgan fingerprint density at radius 3 is 3.00 bits per heavy atom. The molecule has 0 fully saturated rings. The summed E-state index contributed by atoms with van der Waals surface area (Å²) in [5, 5.41) is 2.84. The number of carbonyl (C=O) groups excluding carboxylic acids is 1. The summed E-state index contributed by atoms with van der Waals surface area (Å²) in [6, 6.07) is 3.45. The van der Waals surface area contributed by atoms with Gasteiger partial charge in [0.25, 0.3) is 0 Å². The first-order chi connectivity index (χ1) is 8.13. The molecular weight excluding hydrogens is 276 g/mol. The van der Waals surface area contributed by atoms with Gasteiger partial charge in [0, 0.05) is 11.4 Å². The lowest BCUT2D eigenvalue weighted by Gasteiger charge is -2.10. The van der Waals surface area contributed by atoms with Crippen LogP contribution in [-0.4, -0.2) is 30.5 Å². The lowest BCUT2D eigenvalue weighted by atomic mass is 10.2. The SMILES string of the molecule is CSCC[C@H](N)C(=O)NCCc1ccc(Cl)s1. The van der Waals surface area contributed by atoms with Crippen LogP contribution in [-0.2, 0) is 11.2 Å². The molecule has 96 valence electrons. The second-order valence-corrected chi connectivity index (χ2v) is 6.42. The van der Waals surface area contributed by atoms with Gasteiger partial charge in [-0.15, -0.1) is 11.3 Å². The quantitative estimate of drug-likeness (QED) is 0.809. The van der Waals surface area contributed by atoms with E-state index >= 15 is 0 Å². The Morgan fingerprint density at radius 1 is 1.65 bits per heavy atom. The fourth-order valence-electron chi connectivity index (χ4n) is 1.30. The van der Waals surface area contributed by atoms with Gasteiger partial charge in [-0.1, -0.05) is 11.6 Å². The van der Waals surface area contributed by atoms with Crippen LogP contribution in [0.2, 0.25) is 4.34 Å². The largest absolute Gasteiger partial charge is 0.354 e. The summed E-state index contributed by atoms with van der Waals surface area (Å²) in [5.41, 5.74) is 5.74. The normalized spacial score (nSPS) is 12.4. The lowest BCUT2D eigenvalue weighted by molar-refractivity contribution is -0.122. The third-order valence-corrected chi connectivity index (χ3v) is 4.20. The average molecular weight is 293 g/mol. The van der Waals surface area contributed by atoms with Gasteiger partial charge in [0.1, 0.15) is 0 Å². The van der Waals surface area contributed by atoms with Crippen molar-refractivity contribution in [3.8, 4) is 0 Å². The minimum absolute atomic E-state index is 0.0679. The number of halogens is 1. The third-order valence-electron chi connectivity index (χ3n) is 2.27. The van der Waals surface area contributed by atoms with Crippen LogP contribution in [0.5, 0.6) is 0 Å². The van der Waals surface area contributed by atoms with Crippen molar-refractivity contribution in [1.82, 2.24) is 5.32 Å². The first kappa shape index (κ1) is 14.8. The minimum Gasteiger partial charge on any atom is -0.354 e. The molecule has 0 radical (unpaired) electrons. The molecule has 1 amide bonds. The number of hydrogen-bond acceptors (Lipinski definition) is 4. The van der Waals surface area contributed by atoms with Gasteiger partial charge in [-0.05, 0) is 37.0 Å². The first-order valence-corrected chi connectivity index (χ1v) is 7.98. The molecule has 0 saturated heterocycles. The Bertz CT molecular complexity index is 357. The Hall–Kier alpha value is -0.230. The third kappa shape index (κ3) is 5.77. The van der Waals surface area contributed by atoms with E-state index in [0.29, 0.717) is 6.54 Å². The standard InChI is InChI=1S/C11H17ClN2OS2/c1-16-7-5-9(13)11(15)14-6-4-8-2-3-10(12)17-8/h2-3,9H,4-7,13H2,1H3,(H,14,15)/t9-/m0/s1. The van der Waals surface area contributed by atoms with E-state index in [1.807, 2.05) is 18.4 Å². The van der Waals surface area contributed by atoms with Gasteiger partial charge in [-0.2, -0.15) is 11.8 Å². The number of amides is 1. The topological polar surface area (TPSA) is 55.1 Å². The van der Waals surface area contributed by atoms with Crippen molar-refractivity contribution >= 4 is 40.6 Å². The van der Waals surface area contributed by atoms with Crippen molar-refractivity contribution in [2.75, 3.05) is 18.6 Å². The van der Waals surface area contributed by atoms with Crippen molar-refractivity contribution in [2.45, 2.75) is 18.9 Å². The van der Waals surface area contributed by atoms with E-state index in [9.17, 15) is 4.79 Å². The molecule has 3 N–H and O–H groups in total. The van der Waals surface area contributed by atoms with Crippen molar-refractivity contribution in [1.29, 1.82) is 0 Å². The van der Waals surface area contributed by atoms with E-state index in [-0.39, 0.29) is 5.91 Å². The highest BCUT2D eigenvalue weighted by Gasteiger charge is 2.11. The lowest BCUT2D eigenvalue weighted by Crippen LogP contribution is -2.41. The first-order valence-electron chi connectivity index (χ1n) is 5.40. The van der Waals surface area contributed by atoms with Crippen LogP contribution in [0.3, 0.4) is 0 Å².